The van der Waals surface area contributed by atoms with E-state index in [1.807, 2.05) is 0 Å². The maximum Gasteiger partial charge on any atom is 0.0487 e. The molecular formula is C13H28O. The van der Waals surface area contributed by atoms with Gasteiger partial charge in [0.25, 0.3) is 0 Å². The molecule has 0 aromatic carbocycles. The Morgan fingerprint density at radius 2 is 1.79 bits per heavy atom. The molecule has 0 bridgehead atoms. The van der Waals surface area contributed by atoms with E-state index in [9.17, 15) is 5.11 Å². The van der Waals surface area contributed by atoms with Gasteiger partial charge in [0, 0.05) is 6.61 Å². The summed E-state index contributed by atoms with van der Waals surface area (Å²) in [6.45, 7) is 9.33. The van der Waals surface area contributed by atoms with E-state index >= 15 is 0 Å². The fraction of sp³-hybridized carbons (Fsp3) is 1.00. The predicted octanol–water partition coefficient (Wildman–Crippen LogP) is 4.00. The molecule has 0 amide bonds. The van der Waals surface area contributed by atoms with E-state index in [-0.39, 0.29) is 5.41 Å². The lowest BCUT2D eigenvalue weighted by Crippen LogP contribution is -2.25. The van der Waals surface area contributed by atoms with Crippen molar-refractivity contribution in [3.63, 3.8) is 0 Å². The van der Waals surface area contributed by atoms with Gasteiger partial charge in [-0.3, -0.25) is 0 Å². The third-order valence-electron chi connectivity index (χ3n) is 3.40. The van der Waals surface area contributed by atoms with E-state index in [1.165, 1.54) is 32.1 Å². The van der Waals surface area contributed by atoms with Crippen LogP contribution in [-0.2, 0) is 0 Å². The predicted molar refractivity (Wildman–Crippen MR) is 63.4 cm³/mol. The van der Waals surface area contributed by atoms with Gasteiger partial charge in [0.1, 0.15) is 0 Å². The molecule has 86 valence electrons. The first-order valence-corrected chi connectivity index (χ1v) is 6.21. The minimum absolute atomic E-state index is 0.222. The molecule has 0 aromatic rings. The third-order valence-corrected chi connectivity index (χ3v) is 3.40. The molecule has 0 radical (unpaired) electrons. The van der Waals surface area contributed by atoms with E-state index in [0.717, 1.165) is 12.3 Å². The van der Waals surface area contributed by atoms with Gasteiger partial charge in [-0.2, -0.15) is 0 Å². The molecule has 0 rings (SSSR count). The molecule has 1 nitrogen and oxygen atoms in total. The van der Waals surface area contributed by atoms with Gasteiger partial charge in [-0.15, -0.1) is 0 Å². The number of rotatable bonds is 8. The van der Waals surface area contributed by atoms with E-state index in [0.29, 0.717) is 6.61 Å². The molecule has 0 saturated carbocycles. The molecule has 1 heteroatoms. The Hall–Kier alpha value is -0.0400. The molecule has 0 aliphatic rings. The molecule has 0 heterocycles. The van der Waals surface area contributed by atoms with Crippen molar-refractivity contribution in [2.75, 3.05) is 6.61 Å². The molecule has 0 aromatic heterocycles. The van der Waals surface area contributed by atoms with Gasteiger partial charge in [0.05, 0.1) is 0 Å². The molecule has 14 heavy (non-hydrogen) atoms. The monoisotopic (exact) mass is 200 g/mol. The lowest BCUT2D eigenvalue weighted by molar-refractivity contribution is 0.0914. The van der Waals surface area contributed by atoms with Crippen molar-refractivity contribution < 1.29 is 5.11 Å². The first-order valence-electron chi connectivity index (χ1n) is 6.21. The summed E-state index contributed by atoms with van der Waals surface area (Å²) in [5, 5.41) is 9.52. The third kappa shape index (κ3) is 4.99. The van der Waals surface area contributed by atoms with Gasteiger partial charge < -0.3 is 5.11 Å². The van der Waals surface area contributed by atoms with Crippen LogP contribution in [0.15, 0.2) is 0 Å². The molecule has 1 atom stereocenters. The van der Waals surface area contributed by atoms with Crippen LogP contribution < -0.4 is 0 Å². The van der Waals surface area contributed by atoms with Crippen LogP contribution in [0.2, 0.25) is 0 Å². The van der Waals surface area contributed by atoms with Crippen molar-refractivity contribution in [3.8, 4) is 0 Å². The normalized spacial score (nSPS) is 15.9. The molecule has 0 fully saturated rings. The van der Waals surface area contributed by atoms with Crippen LogP contribution in [0, 0.1) is 11.3 Å². The molecule has 0 spiro atoms. The van der Waals surface area contributed by atoms with Crippen LogP contribution >= 0.6 is 0 Å². The Morgan fingerprint density at radius 1 is 1.14 bits per heavy atom. The van der Waals surface area contributed by atoms with Crippen LogP contribution in [0.4, 0.5) is 0 Å². The van der Waals surface area contributed by atoms with Crippen molar-refractivity contribution in [3.05, 3.63) is 0 Å². The van der Waals surface area contributed by atoms with Crippen molar-refractivity contribution >= 4 is 0 Å². The highest BCUT2D eigenvalue weighted by Gasteiger charge is 2.26. The Balaban J connectivity index is 4.07. The number of hydrogen-bond donors (Lipinski definition) is 1. The smallest absolute Gasteiger partial charge is 0.0487 e. The second-order valence-corrected chi connectivity index (χ2v) is 5.05. The minimum atomic E-state index is 0.222. The van der Waals surface area contributed by atoms with Crippen molar-refractivity contribution in [1.82, 2.24) is 0 Å². The van der Waals surface area contributed by atoms with Crippen LogP contribution in [-0.4, -0.2) is 11.7 Å². The fourth-order valence-electron chi connectivity index (χ4n) is 1.90. The average molecular weight is 200 g/mol. The summed E-state index contributed by atoms with van der Waals surface area (Å²) in [6, 6.07) is 0. The summed E-state index contributed by atoms with van der Waals surface area (Å²) >= 11 is 0. The SMILES string of the molecule is CCCCC(CC)(CO)CCC(C)C. The largest absolute Gasteiger partial charge is 0.396 e. The number of aliphatic hydroxyl groups excluding tert-OH is 1. The topological polar surface area (TPSA) is 20.2 Å². The molecule has 0 aliphatic carbocycles. The summed E-state index contributed by atoms with van der Waals surface area (Å²) in [5.41, 5.74) is 0.222. The van der Waals surface area contributed by atoms with Crippen molar-refractivity contribution in [1.29, 1.82) is 0 Å². The second kappa shape index (κ2) is 7.28. The minimum Gasteiger partial charge on any atom is -0.396 e. The zero-order valence-corrected chi connectivity index (χ0v) is 10.5. The highest BCUT2D eigenvalue weighted by molar-refractivity contribution is 4.77. The van der Waals surface area contributed by atoms with E-state index in [2.05, 4.69) is 27.7 Å². The van der Waals surface area contributed by atoms with Crippen LogP contribution in [0.25, 0.3) is 0 Å². The maximum atomic E-state index is 9.52. The maximum absolute atomic E-state index is 9.52. The molecule has 0 saturated heterocycles. The lowest BCUT2D eigenvalue weighted by atomic mass is 9.76. The zero-order chi connectivity index (χ0) is 11.0. The second-order valence-electron chi connectivity index (χ2n) is 5.05. The average Bonchev–Trinajstić information content (AvgIpc) is 2.19. The quantitative estimate of drug-likeness (QED) is 0.628. The zero-order valence-electron chi connectivity index (χ0n) is 10.5. The summed E-state index contributed by atoms with van der Waals surface area (Å²) in [5.74, 6) is 0.758. The van der Waals surface area contributed by atoms with Crippen LogP contribution in [0.1, 0.15) is 66.2 Å². The standard InChI is InChI=1S/C13H28O/c1-5-7-9-13(6-2,11-14)10-8-12(3)4/h12,14H,5-11H2,1-4H3. The van der Waals surface area contributed by atoms with Crippen LogP contribution in [0.3, 0.4) is 0 Å². The Bertz CT molecular complexity index is 125. The van der Waals surface area contributed by atoms with Crippen LogP contribution in [0.5, 0.6) is 0 Å². The van der Waals surface area contributed by atoms with Gasteiger partial charge >= 0.3 is 0 Å². The number of aliphatic hydroxyl groups is 1. The number of hydrogen-bond acceptors (Lipinski definition) is 1. The summed E-state index contributed by atoms with van der Waals surface area (Å²) < 4.78 is 0. The van der Waals surface area contributed by atoms with E-state index < -0.39 is 0 Å². The first-order chi connectivity index (χ1) is 6.60. The van der Waals surface area contributed by atoms with Gasteiger partial charge in [-0.25, -0.2) is 0 Å². The van der Waals surface area contributed by atoms with Gasteiger partial charge in [0.2, 0.25) is 0 Å². The molecule has 0 aliphatic heterocycles. The first kappa shape index (κ1) is 14.0. The Kier molecular flexibility index (Phi) is 7.26. The van der Waals surface area contributed by atoms with Gasteiger partial charge in [-0.1, -0.05) is 47.0 Å². The Morgan fingerprint density at radius 3 is 2.14 bits per heavy atom. The van der Waals surface area contributed by atoms with Crippen molar-refractivity contribution in [2.24, 2.45) is 11.3 Å². The molecular weight excluding hydrogens is 172 g/mol. The Labute approximate surface area is 89.9 Å². The lowest BCUT2D eigenvalue weighted by Gasteiger charge is -2.31. The number of unbranched alkanes of at least 4 members (excludes halogenated alkanes) is 1. The van der Waals surface area contributed by atoms with E-state index in [4.69, 9.17) is 0 Å². The molecule has 1 N–H and O–H groups in total. The summed E-state index contributed by atoms with van der Waals surface area (Å²) in [4.78, 5) is 0. The van der Waals surface area contributed by atoms with Gasteiger partial charge in [0.15, 0.2) is 0 Å². The summed E-state index contributed by atoms with van der Waals surface area (Å²) in [6.07, 6.45) is 7.26. The highest BCUT2D eigenvalue weighted by Crippen LogP contribution is 2.34. The highest BCUT2D eigenvalue weighted by atomic mass is 16.3. The molecule has 1 unspecified atom stereocenters. The summed E-state index contributed by atoms with van der Waals surface area (Å²) in [7, 11) is 0. The van der Waals surface area contributed by atoms with E-state index in [1.54, 1.807) is 0 Å². The van der Waals surface area contributed by atoms with Crippen molar-refractivity contribution in [2.45, 2.75) is 66.2 Å². The van der Waals surface area contributed by atoms with Gasteiger partial charge in [-0.05, 0) is 30.6 Å². The fourth-order valence-corrected chi connectivity index (χ4v) is 1.90.